The smallest absolute Gasteiger partial charge is 0.228 e. The number of sulfone groups is 1. The quantitative estimate of drug-likeness (QED) is 0.524. The van der Waals surface area contributed by atoms with E-state index in [2.05, 4.69) is 4.98 Å². The Bertz CT molecular complexity index is 1020. The molecule has 1 aromatic heterocycles. The van der Waals surface area contributed by atoms with Gasteiger partial charge in [0, 0.05) is 19.5 Å². The van der Waals surface area contributed by atoms with E-state index >= 15 is 0 Å². The van der Waals surface area contributed by atoms with E-state index < -0.39 is 9.84 Å². The maximum absolute atomic E-state index is 13.3. The summed E-state index contributed by atoms with van der Waals surface area (Å²) in [5.74, 6) is 0.714. The Morgan fingerprint density at radius 2 is 1.94 bits per heavy atom. The Kier molecular flexibility index (Phi) is 8.51. The number of hydrogen-bond acceptors (Lipinski definition) is 5. The lowest BCUT2D eigenvalue weighted by molar-refractivity contribution is -0.133. The van der Waals surface area contributed by atoms with Crippen molar-refractivity contribution in [3.8, 4) is 5.75 Å². The average Bonchev–Trinajstić information content (AvgIpc) is 3.06. The van der Waals surface area contributed by atoms with Crippen molar-refractivity contribution in [3.63, 3.8) is 0 Å². The fourth-order valence-corrected chi connectivity index (χ4v) is 5.00. The number of amides is 1. The van der Waals surface area contributed by atoms with Crippen LogP contribution in [-0.2, 0) is 33.5 Å². The SMILES string of the molecule is CCN(Cc1cnc(S(=O)(=O)Cc2cccc(OC)c2)n1CC(C)C)C(=O)CC(C)(C)C. The fraction of sp³-hybridized carbons (Fsp3) is 0.583. The van der Waals surface area contributed by atoms with Crippen LogP contribution in [0.25, 0.3) is 0 Å². The van der Waals surface area contributed by atoms with Crippen LogP contribution >= 0.6 is 0 Å². The summed E-state index contributed by atoms with van der Waals surface area (Å²) in [5.41, 5.74) is 1.25. The van der Waals surface area contributed by atoms with Crippen LogP contribution in [0.15, 0.2) is 35.6 Å². The molecule has 0 aliphatic carbocycles. The van der Waals surface area contributed by atoms with Gasteiger partial charge in [-0.2, -0.15) is 0 Å². The monoisotopic (exact) mass is 463 g/mol. The number of ether oxygens (including phenoxy) is 1. The molecule has 8 heteroatoms. The van der Waals surface area contributed by atoms with Crippen LogP contribution in [0.1, 0.15) is 59.2 Å². The summed E-state index contributed by atoms with van der Waals surface area (Å²) in [7, 11) is -2.14. The molecule has 0 radical (unpaired) electrons. The van der Waals surface area contributed by atoms with E-state index in [0.29, 0.717) is 37.4 Å². The first-order valence-electron chi connectivity index (χ1n) is 11.0. The van der Waals surface area contributed by atoms with E-state index in [1.807, 2.05) is 41.5 Å². The molecular weight excluding hydrogens is 426 g/mol. The number of benzene rings is 1. The fourth-order valence-electron chi connectivity index (χ4n) is 3.51. The van der Waals surface area contributed by atoms with E-state index in [9.17, 15) is 13.2 Å². The number of carbonyl (C=O) groups is 1. The van der Waals surface area contributed by atoms with E-state index in [4.69, 9.17) is 4.74 Å². The standard InChI is InChI=1S/C24H37N3O4S/c1-8-26(22(28)13-24(4,5)6)16-20-14-25-23(27(20)15-18(2)3)32(29,30)17-19-10-9-11-21(12-19)31-7/h9-12,14,18H,8,13,15-17H2,1-7H3. The van der Waals surface area contributed by atoms with Gasteiger partial charge in [-0.25, -0.2) is 13.4 Å². The molecule has 0 unspecified atom stereocenters. The van der Waals surface area contributed by atoms with Crippen LogP contribution < -0.4 is 4.74 Å². The van der Waals surface area contributed by atoms with Gasteiger partial charge in [0.15, 0.2) is 0 Å². The highest BCUT2D eigenvalue weighted by atomic mass is 32.2. The molecule has 2 aromatic rings. The van der Waals surface area contributed by atoms with Crippen LogP contribution in [0.4, 0.5) is 0 Å². The number of hydrogen-bond donors (Lipinski definition) is 0. The minimum atomic E-state index is -3.69. The summed E-state index contributed by atoms with van der Waals surface area (Å²) in [4.78, 5) is 18.9. The van der Waals surface area contributed by atoms with Gasteiger partial charge in [-0.3, -0.25) is 4.79 Å². The lowest BCUT2D eigenvalue weighted by Crippen LogP contribution is -2.34. The number of aromatic nitrogens is 2. The second-order valence-electron chi connectivity index (χ2n) is 9.79. The third kappa shape index (κ3) is 7.08. The second kappa shape index (κ2) is 10.5. The summed E-state index contributed by atoms with van der Waals surface area (Å²) in [6.45, 7) is 13.5. The van der Waals surface area contributed by atoms with Gasteiger partial charge in [0.2, 0.25) is 20.9 Å². The van der Waals surface area contributed by atoms with Gasteiger partial charge in [-0.15, -0.1) is 0 Å². The van der Waals surface area contributed by atoms with Crippen molar-refractivity contribution in [1.82, 2.24) is 14.5 Å². The first kappa shape index (κ1) is 25.9. The lowest BCUT2D eigenvalue weighted by Gasteiger charge is -2.26. The van der Waals surface area contributed by atoms with Gasteiger partial charge in [-0.05, 0) is 36.0 Å². The summed E-state index contributed by atoms with van der Waals surface area (Å²) < 4.78 is 33.6. The zero-order valence-corrected chi connectivity index (χ0v) is 21.2. The molecule has 7 nitrogen and oxygen atoms in total. The van der Waals surface area contributed by atoms with Crippen molar-refractivity contribution >= 4 is 15.7 Å². The molecule has 0 fully saturated rings. The molecule has 32 heavy (non-hydrogen) atoms. The van der Waals surface area contributed by atoms with Crippen LogP contribution in [-0.4, -0.2) is 42.4 Å². The minimum absolute atomic E-state index is 0.0448. The van der Waals surface area contributed by atoms with Gasteiger partial charge < -0.3 is 14.2 Å². The van der Waals surface area contributed by atoms with Crippen molar-refractivity contribution in [3.05, 3.63) is 41.7 Å². The van der Waals surface area contributed by atoms with Crippen molar-refractivity contribution in [2.45, 2.75) is 72.0 Å². The summed E-state index contributed by atoms with van der Waals surface area (Å²) in [6, 6.07) is 7.04. The molecule has 1 amide bonds. The second-order valence-corrected chi connectivity index (χ2v) is 11.7. The van der Waals surface area contributed by atoms with Gasteiger partial charge in [0.25, 0.3) is 0 Å². The Labute approximate surface area is 192 Å². The number of nitrogens with zero attached hydrogens (tertiary/aromatic N) is 3. The number of imidazole rings is 1. The molecule has 0 N–H and O–H groups in total. The molecule has 0 aliphatic rings. The molecule has 0 saturated heterocycles. The summed E-state index contributed by atoms with van der Waals surface area (Å²) in [6.07, 6.45) is 2.02. The van der Waals surface area contributed by atoms with E-state index in [1.54, 1.807) is 47.0 Å². The molecule has 1 heterocycles. The number of carbonyl (C=O) groups excluding carboxylic acids is 1. The maximum atomic E-state index is 13.3. The summed E-state index contributed by atoms with van der Waals surface area (Å²) in [5, 5.41) is 0.0448. The number of rotatable bonds is 10. The maximum Gasteiger partial charge on any atom is 0.228 e. The van der Waals surface area contributed by atoms with Gasteiger partial charge >= 0.3 is 0 Å². The van der Waals surface area contributed by atoms with Crippen molar-refractivity contribution in [2.24, 2.45) is 11.3 Å². The highest BCUT2D eigenvalue weighted by Gasteiger charge is 2.27. The van der Waals surface area contributed by atoms with Gasteiger partial charge in [0.1, 0.15) is 5.75 Å². The predicted molar refractivity (Wildman–Crippen MR) is 126 cm³/mol. The molecule has 178 valence electrons. The highest BCUT2D eigenvalue weighted by Crippen LogP contribution is 2.24. The molecular formula is C24H37N3O4S. The molecule has 0 bridgehead atoms. The van der Waals surface area contributed by atoms with Crippen molar-refractivity contribution in [2.75, 3.05) is 13.7 Å². The molecule has 0 saturated carbocycles. The van der Waals surface area contributed by atoms with Gasteiger partial charge in [-0.1, -0.05) is 46.8 Å². The van der Waals surface area contributed by atoms with Gasteiger partial charge in [0.05, 0.1) is 31.3 Å². The van der Waals surface area contributed by atoms with Crippen LogP contribution in [0.3, 0.4) is 0 Å². The van der Waals surface area contributed by atoms with Crippen molar-refractivity contribution in [1.29, 1.82) is 0 Å². The Balaban J connectivity index is 2.37. The zero-order valence-electron chi connectivity index (χ0n) is 20.4. The van der Waals surface area contributed by atoms with Crippen LogP contribution in [0.2, 0.25) is 0 Å². The lowest BCUT2D eigenvalue weighted by atomic mass is 9.91. The first-order chi connectivity index (χ1) is 14.9. The molecule has 1 aromatic carbocycles. The van der Waals surface area contributed by atoms with E-state index in [0.717, 1.165) is 5.69 Å². The Morgan fingerprint density at radius 1 is 1.25 bits per heavy atom. The number of methoxy groups -OCH3 is 1. The van der Waals surface area contributed by atoms with E-state index in [-0.39, 0.29) is 28.1 Å². The first-order valence-corrected chi connectivity index (χ1v) is 12.7. The molecule has 2 rings (SSSR count). The van der Waals surface area contributed by atoms with Crippen molar-refractivity contribution < 1.29 is 17.9 Å². The Hall–Kier alpha value is -2.35. The highest BCUT2D eigenvalue weighted by molar-refractivity contribution is 7.90. The predicted octanol–water partition coefficient (Wildman–Crippen LogP) is 4.31. The topological polar surface area (TPSA) is 81.5 Å². The summed E-state index contributed by atoms with van der Waals surface area (Å²) >= 11 is 0. The third-order valence-corrected chi connectivity index (χ3v) is 6.58. The molecule has 0 atom stereocenters. The average molecular weight is 464 g/mol. The van der Waals surface area contributed by atoms with E-state index in [1.165, 1.54) is 0 Å². The third-order valence-electron chi connectivity index (χ3n) is 4.99. The van der Waals surface area contributed by atoms with Crippen LogP contribution in [0.5, 0.6) is 5.75 Å². The largest absolute Gasteiger partial charge is 0.497 e. The molecule has 0 aliphatic heterocycles. The van der Waals surface area contributed by atoms with Crippen LogP contribution in [0, 0.1) is 11.3 Å². The molecule has 0 spiro atoms. The Morgan fingerprint density at radius 3 is 2.50 bits per heavy atom. The minimum Gasteiger partial charge on any atom is -0.497 e. The zero-order chi connectivity index (χ0) is 24.1. The normalized spacial score (nSPS) is 12.2.